The van der Waals surface area contributed by atoms with Crippen LogP contribution in [0.25, 0.3) is 10.9 Å². The quantitative estimate of drug-likeness (QED) is 0.791. The van der Waals surface area contributed by atoms with Gasteiger partial charge >= 0.3 is 0 Å². The van der Waals surface area contributed by atoms with Crippen molar-refractivity contribution in [3.63, 3.8) is 0 Å². The first-order valence-corrected chi connectivity index (χ1v) is 7.62. The molecule has 2 aromatic heterocycles. The Bertz CT molecular complexity index is 778. The number of amides is 1. The number of ether oxygens (including phenoxy) is 1. The fourth-order valence-electron chi connectivity index (χ4n) is 2.91. The Morgan fingerprint density at radius 1 is 1.39 bits per heavy atom. The van der Waals surface area contributed by atoms with Crippen molar-refractivity contribution in [2.45, 2.75) is 12.6 Å². The summed E-state index contributed by atoms with van der Waals surface area (Å²) in [5.41, 5.74) is 1.59. The molecule has 0 bridgehead atoms. The highest BCUT2D eigenvalue weighted by Crippen LogP contribution is 2.17. The van der Waals surface area contributed by atoms with Gasteiger partial charge < -0.3 is 14.6 Å². The van der Waals surface area contributed by atoms with Crippen molar-refractivity contribution in [3.8, 4) is 0 Å². The van der Waals surface area contributed by atoms with E-state index in [1.165, 1.54) is 0 Å². The van der Waals surface area contributed by atoms with Crippen LogP contribution in [0.4, 0.5) is 0 Å². The molecule has 3 aromatic rings. The van der Waals surface area contributed by atoms with Crippen LogP contribution in [0.5, 0.6) is 0 Å². The number of aromatic amines is 1. The number of nitrogens with zero attached hydrogens (tertiary/aromatic N) is 4. The fourth-order valence-corrected chi connectivity index (χ4v) is 2.91. The van der Waals surface area contributed by atoms with E-state index in [-0.39, 0.29) is 12.0 Å². The minimum atomic E-state index is -0.0706. The van der Waals surface area contributed by atoms with E-state index < -0.39 is 0 Å². The number of H-pyrrole nitrogens is 1. The molecule has 4 rings (SSSR count). The van der Waals surface area contributed by atoms with Crippen LogP contribution >= 0.6 is 0 Å². The van der Waals surface area contributed by atoms with Crippen molar-refractivity contribution in [3.05, 3.63) is 48.4 Å². The van der Waals surface area contributed by atoms with Gasteiger partial charge in [0.15, 0.2) is 0 Å². The Labute approximate surface area is 132 Å². The predicted octanol–water partition coefficient (Wildman–Crippen LogP) is 1.30. The number of nitrogens with one attached hydrogen (secondary N) is 1. The van der Waals surface area contributed by atoms with E-state index in [1.54, 1.807) is 17.1 Å². The molecule has 3 heterocycles. The van der Waals surface area contributed by atoms with Crippen LogP contribution in [0.1, 0.15) is 10.5 Å². The number of carbonyl (C=O) groups is 1. The molecule has 1 aliphatic heterocycles. The molecule has 7 nitrogen and oxygen atoms in total. The molecule has 0 saturated carbocycles. The van der Waals surface area contributed by atoms with Crippen molar-refractivity contribution >= 4 is 16.8 Å². The van der Waals surface area contributed by atoms with E-state index in [0.29, 0.717) is 31.9 Å². The second-order valence-electron chi connectivity index (χ2n) is 5.64. The summed E-state index contributed by atoms with van der Waals surface area (Å²) < 4.78 is 7.46. The van der Waals surface area contributed by atoms with Crippen LogP contribution in [0, 0.1) is 0 Å². The molecule has 23 heavy (non-hydrogen) atoms. The zero-order valence-corrected chi connectivity index (χ0v) is 12.6. The van der Waals surface area contributed by atoms with E-state index in [1.807, 2.05) is 35.2 Å². The lowest BCUT2D eigenvalue weighted by Gasteiger charge is -2.32. The molecular weight excluding hydrogens is 294 g/mol. The normalized spacial score (nSPS) is 18.4. The topological polar surface area (TPSA) is 76.0 Å². The summed E-state index contributed by atoms with van der Waals surface area (Å²) in [6.07, 6.45) is 3.36. The summed E-state index contributed by atoms with van der Waals surface area (Å²) >= 11 is 0. The Balaban J connectivity index is 1.49. The third-order valence-corrected chi connectivity index (χ3v) is 4.05. The molecule has 0 radical (unpaired) electrons. The van der Waals surface area contributed by atoms with Crippen molar-refractivity contribution in [1.29, 1.82) is 0 Å². The number of para-hydroxylation sites is 1. The molecule has 1 aromatic carbocycles. The number of carbonyl (C=O) groups excluding carboxylic acids is 1. The molecule has 1 atom stereocenters. The standard InChI is InChI=1S/C16H17N5O2/c22-16(15-9-12-3-1-2-4-14(12)18-15)20-7-8-23-13(10-20)11-21-6-5-17-19-21/h1-6,9,13,18H,7-8,10-11H2. The van der Waals surface area contributed by atoms with E-state index in [4.69, 9.17) is 4.74 Å². The molecule has 118 valence electrons. The average molecular weight is 311 g/mol. The summed E-state index contributed by atoms with van der Waals surface area (Å²) in [7, 11) is 0. The molecule has 0 spiro atoms. The van der Waals surface area contributed by atoms with Gasteiger partial charge in [-0.15, -0.1) is 5.10 Å². The summed E-state index contributed by atoms with van der Waals surface area (Å²) in [6.45, 7) is 2.28. The van der Waals surface area contributed by atoms with Crippen LogP contribution in [-0.4, -0.2) is 56.6 Å². The first-order chi connectivity index (χ1) is 11.3. The highest BCUT2D eigenvalue weighted by molar-refractivity contribution is 5.98. The highest BCUT2D eigenvalue weighted by Gasteiger charge is 2.26. The predicted molar refractivity (Wildman–Crippen MR) is 84.0 cm³/mol. The summed E-state index contributed by atoms with van der Waals surface area (Å²) in [4.78, 5) is 17.7. The van der Waals surface area contributed by atoms with Gasteiger partial charge in [0, 0.05) is 30.2 Å². The van der Waals surface area contributed by atoms with Crippen molar-refractivity contribution in [2.75, 3.05) is 19.7 Å². The van der Waals surface area contributed by atoms with Gasteiger partial charge in [0.25, 0.3) is 5.91 Å². The summed E-state index contributed by atoms with van der Waals surface area (Å²) in [6, 6.07) is 9.79. The van der Waals surface area contributed by atoms with Crippen LogP contribution < -0.4 is 0 Å². The number of benzene rings is 1. The number of rotatable bonds is 3. The summed E-state index contributed by atoms with van der Waals surface area (Å²) in [5.74, 6) is 0.00749. The van der Waals surface area contributed by atoms with Gasteiger partial charge in [-0.05, 0) is 12.1 Å². The van der Waals surface area contributed by atoms with Crippen molar-refractivity contribution < 1.29 is 9.53 Å². The van der Waals surface area contributed by atoms with Gasteiger partial charge in [0.2, 0.25) is 0 Å². The lowest BCUT2D eigenvalue weighted by atomic mass is 10.2. The zero-order chi connectivity index (χ0) is 15.6. The zero-order valence-electron chi connectivity index (χ0n) is 12.6. The van der Waals surface area contributed by atoms with E-state index in [2.05, 4.69) is 15.3 Å². The highest BCUT2D eigenvalue weighted by atomic mass is 16.5. The van der Waals surface area contributed by atoms with Gasteiger partial charge in [-0.25, -0.2) is 4.68 Å². The van der Waals surface area contributed by atoms with Gasteiger partial charge in [0.05, 0.1) is 25.5 Å². The fraction of sp³-hybridized carbons (Fsp3) is 0.312. The third kappa shape index (κ3) is 2.83. The third-order valence-electron chi connectivity index (χ3n) is 4.05. The molecular formula is C16H17N5O2. The van der Waals surface area contributed by atoms with Gasteiger partial charge in [0.1, 0.15) is 5.69 Å². The Morgan fingerprint density at radius 3 is 3.13 bits per heavy atom. The number of morpholine rings is 1. The van der Waals surface area contributed by atoms with E-state index in [9.17, 15) is 4.79 Å². The number of fused-ring (bicyclic) bond motifs is 1. The second-order valence-corrected chi connectivity index (χ2v) is 5.64. The SMILES string of the molecule is O=C(c1cc2ccccc2[nH]1)N1CCOC(Cn2ccnn2)C1. The van der Waals surface area contributed by atoms with Crippen molar-refractivity contribution in [1.82, 2.24) is 24.9 Å². The molecule has 0 aliphatic carbocycles. The minimum absolute atomic E-state index is 0.00749. The first kappa shape index (κ1) is 14.0. The monoisotopic (exact) mass is 311 g/mol. The molecule has 1 unspecified atom stereocenters. The van der Waals surface area contributed by atoms with E-state index >= 15 is 0 Å². The van der Waals surface area contributed by atoms with Crippen LogP contribution in [0.2, 0.25) is 0 Å². The second kappa shape index (κ2) is 5.85. The Hall–Kier alpha value is -2.67. The minimum Gasteiger partial charge on any atom is -0.373 e. The van der Waals surface area contributed by atoms with Gasteiger partial charge in [-0.2, -0.15) is 0 Å². The van der Waals surface area contributed by atoms with E-state index in [0.717, 1.165) is 10.9 Å². The maximum Gasteiger partial charge on any atom is 0.270 e. The molecule has 1 saturated heterocycles. The molecule has 7 heteroatoms. The summed E-state index contributed by atoms with van der Waals surface area (Å²) in [5, 5.41) is 8.77. The van der Waals surface area contributed by atoms with Gasteiger partial charge in [-0.3, -0.25) is 4.79 Å². The van der Waals surface area contributed by atoms with Gasteiger partial charge in [-0.1, -0.05) is 23.4 Å². The van der Waals surface area contributed by atoms with Crippen LogP contribution in [0.3, 0.4) is 0 Å². The molecule has 1 fully saturated rings. The van der Waals surface area contributed by atoms with Crippen molar-refractivity contribution in [2.24, 2.45) is 0 Å². The lowest BCUT2D eigenvalue weighted by molar-refractivity contribution is -0.0303. The average Bonchev–Trinajstić information content (AvgIpc) is 3.23. The lowest BCUT2D eigenvalue weighted by Crippen LogP contribution is -2.47. The van der Waals surface area contributed by atoms with Crippen LogP contribution in [-0.2, 0) is 11.3 Å². The largest absolute Gasteiger partial charge is 0.373 e. The smallest absolute Gasteiger partial charge is 0.270 e. The molecule has 1 amide bonds. The number of hydrogen-bond acceptors (Lipinski definition) is 4. The Morgan fingerprint density at radius 2 is 2.30 bits per heavy atom. The Kier molecular flexibility index (Phi) is 3.55. The maximum atomic E-state index is 12.7. The molecule has 1 aliphatic rings. The maximum absolute atomic E-state index is 12.7. The molecule has 1 N–H and O–H groups in total. The number of aromatic nitrogens is 4. The van der Waals surface area contributed by atoms with Crippen LogP contribution in [0.15, 0.2) is 42.7 Å². The number of hydrogen-bond donors (Lipinski definition) is 1. The first-order valence-electron chi connectivity index (χ1n) is 7.62.